The van der Waals surface area contributed by atoms with Crippen LogP contribution >= 0.6 is 11.8 Å². The molecule has 10 heteroatoms. The molecule has 0 fully saturated rings. The van der Waals surface area contributed by atoms with E-state index in [1.807, 2.05) is 19.1 Å². The highest BCUT2D eigenvalue weighted by atomic mass is 32.2. The highest BCUT2D eigenvalue weighted by Gasteiger charge is 2.11. The van der Waals surface area contributed by atoms with Crippen LogP contribution in [0.1, 0.15) is 17.0 Å². The number of esters is 1. The SMILES string of the molecule is COc1cc(C)c(CSCC(=O)OCc2nc(N)nc(N)n2)cc1OC. The second-order valence-corrected chi connectivity index (χ2v) is 6.24. The molecule has 0 amide bonds. The maximum absolute atomic E-state index is 11.9. The van der Waals surface area contributed by atoms with E-state index in [1.165, 1.54) is 11.8 Å². The van der Waals surface area contributed by atoms with Gasteiger partial charge in [0, 0.05) is 5.75 Å². The Kier molecular flexibility index (Phi) is 6.84. The van der Waals surface area contributed by atoms with Crippen LogP contribution in [-0.2, 0) is 21.9 Å². The van der Waals surface area contributed by atoms with Crippen LogP contribution in [-0.4, -0.2) is 40.9 Å². The third-order valence-electron chi connectivity index (χ3n) is 3.40. The molecule has 0 spiro atoms. The number of hydrogen-bond donors (Lipinski definition) is 2. The van der Waals surface area contributed by atoms with Gasteiger partial charge in [0.15, 0.2) is 23.9 Å². The van der Waals surface area contributed by atoms with Crippen molar-refractivity contribution >= 4 is 29.6 Å². The van der Waals surface area contributed by atoms with Crippen molar-refractivity contribution in [2.24, 2.45) is 0 Å². The molecule has 0 saturated heterocycles. The number of aromatic nitrogens is 3. The van der Waals surface area contributed by atoms with Crippen molar-refractivity contribution in [3.8, 4) is 11.5 Å². The van der Waals surface area contributed by atoms with Crippen molar-refractivity contribution < 1.29 is 19.0 Å². The number of methoxy groups -OCH3 is 2. The Balaban J connectivity index is 1.84. The van der Waals surface area contributed by atoms with E-state index in [0.717, 1.165) is 11.1 Å². The standard InChI is InChI=1S/C16H21N5O4S/c1-9-4-11(23-2)12(24-3)5-10(9)7-26-8-14(22)25-6-13-19-15(17)21-16(18)20-13/h4-5H,6-8H2,1-3H3,(H4,17,18,19,20,21). The van der Waals surface area contributed by atoms with Gasteiger partial charge in [-0.15, -0.1) is 11.8 Å². The number of nitrogens with zero attached hydrogens (tertiary/aromatic N) is 3. The minimum Gasteiger partial charge on any atom is -0.493 e. The number of carbonyl (C=O) groups is 1. The van der Waals surface area contributed by atoms with Crippen molar-refractivity contribution in [3.05, 3.63) is 29.1 Å². The monoisotopic (exact) mass is 379 g/mol. The molecule has 1 aromatic heterocycles. The van der Waals surface area contributed by atoms with Gasteiger partial charge in [0.05, 0.1) is 20.0 Å². The number of hydrogen-bond acceptors (Lipinski definition) is 10. The molecule has 0 atom stereocenters. The lowest BCUT2D eigenvalue weighted by Crippen LogP contribution is -2.12. The fourth-order valence-corrected chi connectivity index (χ4v) is 3.01. The minimum absolute atomic E-state index is 0.0122. The van der Waals surface area contributed by atoms with E-state index in [0.29, 0.717) is 17.3 Å². The number of aryl methyl sites for hydroxylation is 1. The predicted octanol–water partition coefficient (Wildman–Crippen LogP) is 1.34. The molecule has 0 unspecified atom stereocenters. The van der Waals surface area contributed by atoms with Crippen LogP contribution in [0.4, 0.5) is 11.9 Å². The van der Waals surface area contributed by atoms with Gasteiger partial charge >= 0.3 is 5.97 Å². The van der Waals surface area contributed by atoms with E-state index in [4.69, 9.17) is 25.7 Å². The number of ether oxygens (including phenoxy) is 3. The Labute approximate surface area is 155 Å². The summed E-state index contributed by atoms with van der Waals surface area (Å²) in [7, 11) is 3.18. The zero-order valence-electron chi connectivity index (χ0n) is 14.8. The molecule has 1 heterocycles. The molecule has 0 aliphatic carbocycles. The van der Waals surface area contributed by atoms with Crippen molar-refractivity contribution in [1.82, 2.24) is 15.0 Å². The smallest absolute Gasteiger partial charge is 0.316 e. The summed E-state index contributed by atoms with van der Waals surface area (Å²) in [5.74, 6) is 1.95. The molecular weight excluding hydrogens is 358 g/mol. The fourth-order valence-electron chi connectivity index (χ4n) is 2.13. The Hall–Kier alpha value is -2.75. The van der Waals surface area contributed by atoms with Crippen molar-refractivity contribution in [1.29, 1.82) is 0 Å². The van der Waals surface area contributed by atoms with E-state index < -0.39 is 0 Å². The van der Waals surface area contributed by atoms with Crippen LogP contribution in [0, 0.1) is 6.92 Å². The van der Waals surface area contributed by atoms with Gasteiger partial charge in [0.2, 0.25) is 11.9 Å². The predicted molar refractivity (Wildman–Crippen MR) is 98.9 cm³/mol. The lowest BCUT2D eigenvalue weighted by atomic mass is 10.1. The lowest BCUT2D eigenvalue weighted by Gasteiger charge is -2.12. The molecule has 0 aliphatic heterocycles. The van der Waals surface area contributed by atoms with Gasteiger partial charge in [-0.05, 0) is 30.2 Å². The number of rotatable bonds is 8. The number of carbonyl (C=O) groups excluding carboxylic acids is 1. The minimum atomic E-state index is -0.384. The highest BCUT2D eigenvalue weighted by Crippen LogP contribution is 2.31. The van der Waals surface area contributed by atoms with Crippen LogP contribution in [0.2, 0.25) is 0 Å². The molecule has 4 N–H and O–H groups in total. The van der Waals surface area contributed by atoms with Crippen molar-refractivity contribution in [2.45, 2.75) is 19.3 Å². The zero-order chi connectivity index (χ0) is 19.1. The van der Waals surface area contributed by atoms with Gasteiger partial charge in [-0.1, -0.05) is 0 Å². The quantitative estimate of drug-likeness (QED) is 0.647. The third kappa shape index (κ3) is 5.38. The Morgan fingerprint density at radius 1 is 1.08 bits per heavy atom. The molecule has 1 aromatic carbocycles. The van der Waals surface area contributed by atoms with Gasteiger partial charge in [0.1, 0.15) is 0 Å². The number of thioether (sulfide) groups is 1. The van der Waals surface area contributed by atoms with E-state index in [-0.39, 0.29) is 36.1 Å². The molecule has 140 valence electrons. The maximum Gasteiger partial charge on any atom is 0.316 e. The van der Waals surface area contributed by atoms with Crippen LogP contribution in [0.15, 0.2) is 12.1 Å². The summed E-state index contributed by atoms with van der Waals surface area (Å²) in [6.45, 7) is 1.87. The lowest BCUT2D eigenvalue weighted by molar-refractivity contribution is -0.141. The molecule has 0 bridgehead atoms. The molecule has 26 heavy (non-hydrogen) atoms. The molecule has 2 aromatic rings. The molecular formula is C16H21N5O4S. The van der Waals surface area contributed by atoms with E-state index in [9.17, 15) is 4.79 Å². The normalized spacial score (nSPS) is 10.4. The van der Waals surface area contributed by atoms with Gasteiger partial charge in [-0.25, -0.2) is 0 Å². The summed E-state index contributed by atoms with van der Waals surface area (Å²) in [4.78, 5) is 23.2. The molecule has 0 aliphatic rings. The largest absolute Gasteiger partial charge is 0.493 e. The van der Waals surface area contributed by atoms with Gasteiger partial charge in [0.25, 0.3) is 0 Å². The number of anilines is 2. The second kappa shape index (κ2) is 9.09. The summed E-state index contributed by atoms with van der Waals surface area (Å²) in [6.07, 6.45) is 0. The van der Waals surface area contributed by atoms with Crippen molar-refractivity contribution in [3.63, 3.8) is 0 Å². The summed E-state index contributed by atoms with van der Waals surface area (Å²) in [5.41, 5.74) is 13.0. The van der Waals surface area contributed by atoms with Crippen LogP contribution in [0.5, 0.6) is 11.5 Å². The number of benzene rings is 1. The van der Waals surface area contributed by atoms with Gasteiger partial charge in [-0.2, -0.15) is 15.0 Å². The van der Waals surface area contributed by atoms with E-state index >= 15 is 0 Å². The fraction of sp³-hybridized carbons (Fsp3) is 0.375. The molecule has 0 saturated carbocycles. The van der Waals surface area contributed by atoms with Crippen molar-refractivity contribution in [2.75, 3.05) is 31.4 Å². The zero-order valence-corrected chi connectivity index (χ0v) is 15.6. The average Bonchev–Trinajstić information content (AvgIpc) is 2.60. The Morgan fingerprint density at radius 2 is 1.69 bits per heavy atom. The second-order valence-electron chi connectivity index (χ2n) is 5.26. The van der Waals surface area contributed by atoms with Crippen LogP contribution in [0.25, 0.3) is 0 Å². The summed E-state index contributed by atoms with van der Waals surface area (Å²) in [5, 5.41) is 0. The van der Waals surface area contributed by atoms with Crippen LogP contribution < -0.4 is 20.9 Å². The summed E-state index contributed by atoms with van der Waals surface area (Å²) in [6, 6.07) is 3.81. The maximum atomic E-state index is 11.9. The van der Waals surface area contributed by atoms with Gasteiger partial charge in [-0.3, -0.25) is 4.79 Å². The Bertz CT molecular complexity index is 767. The Morgan fingerprint density at radius 3 is 2.31 bits per heavy atom. The highest BCUT2D eigenvalue weighted by molar-refractivity contribution is 7.99. The van der Waals surface area contributed by atoms with E-state index in [2.05, 4.69) is 15.0 Å². The first-order valence-electron chi connectivity index (χ1n) is 7.63. The van der Waals surface area contributed by atoms with E-state index in [1.54, 1.807) is 14.2 Å². The topological polar surface area (TPSA) is 135 Å². The molecule has 0 radical (unpaired) electrons. The first kappa shape index (κ1) is 19.6. The van der Waals surface area contributed by atoms with Crippen LogP contribution in [0.3, 0.4) is 0 Å². The number of nitrogen functional groups attached to an aromatic ring is 2. The third-order valence-corrected chi connectivity index (χ3v) is 4.35. The van der Waals surface area contributed by atoms with Gasteiger partial charge < -0.3 is 25.7 Å². The summed E-state index contributed by atoms with van der Waals surface area (Å²) < 4.78 is 15.7. The molecule has 2 rings (SSSR count). The summed E-state index contributed by atoms with van der Waals surface area (Å²) >= 11 is 1.43. The first-order chi connectivity index (χ1) is 12.4. The number of nitrogens with two attached hydrogens (primary N) is 2. The molecule has 9 nitrogen and oxygen atoms in total. The average molecular weight is 379 g/mol. The first-order valence-corrected chi connectivity index (χ1v) is 8.79.